The Hall–Kier alpha value is -1.84. The van der Waals surface area contributed by atoms with Crippen LogP contribution in [0.5, 0.6) is 0 Å². The molecule has 9 nitrogen and oxygen atoms in total. The van der Waals surface area contributed by atoms with Crippen molar-refractivity contribution in [3.63, 3.8) is 0 Å². The second-order valence-electron chi connectivity index (χ2n) is 6.11. The minimum Gasteiger partial charge on any atom is -0.390 e. The number of imidazole rings is 1. The summed E-state index contributed by atoms with van der Waals surface area (Å²) >= 11 is 5.73. The van der Waals surface area contributed by atoms with E-state index < -0.39 is 17.4 Å². The highest BCUT2D eigenvalue weighted by Gasteiger charge is 2.24. The Morgan fingerprint density at radius 2 is 1.92 bits per heavy atom. The number of aromatic amines is 1. The first kappa shape index (κ1) is 17.0. The van der Waals surface area contributed by atoms with Crippen molar-refractivity contribution in [1.82, 2.24) is 24.0 Å². The van der Waals surface area contributed by atoms with Crippen LogP contribution in [0.25, 0.3) is 11.2 Å². The number of halogens is 1. The van der Waals surface area contributed by atoms with Crippen molar-refractivity contribution in [3.05, 3.63) is 20.8 Å². The van der Waals surface area contributed by atoms with Gasteiger partial charge in [0.1, 0.15) is 0 Å². The molecule has 2 aromatic heterocycles. The number of alkyl halides is 1. The lowest BCUT2D eigenvalue weighted by atomic mass is 10.3. The van der Waals surface area contributed by atoms with Crippen LogP contribution in [0.15, 0.2) is 9.59 Å². The maximum Gasteiger partial charge on any atom is 0.329 e. The van der Waals surface area contributed by atoms with E-state index in [0.717, 1.165) is 26.2 Å². The number of aryl methyl sites for hydroxylation is 1. The molecule has 2 N–H and O–H groups in total. The number of fused-ring (bicyclic) bond motifs is 1. The van der Waals surface area contributed by atoms with Crippen molar-refractivity contribution in [2.24, 2.45) is 7.05 Å². The molecule has 0 bridgehead atoms. The van der Waals surface area contributed by atoms with Crippen LogP contribution >= 0.6 is 11.6 Å². The molecule has 3 rings (SSSR count). The zero-order valence-electron chi connectivity index (χ0n) is 13.7. The molecule has 0 spiro atoms. The third-order valence-corrected chi connectivity index (χ3v) is 4.70. The average Bonchev–Trinajstić information content (AvgIpc) is 2.93. The van der Waals surface area contributed by atoms with Gasteiger partial charge >= 0.3 is 5.69 Å². The number of piperazine rings is 1. The van der Waals surface area contributed by atoms with Crippen LogP contribution in [0.4, 0.5) is 5.95 Å². The van der Waals surface area contributed by atoms with E-state index in [4.69, 9.17) is 11.6 Å². The van der Waals surface area contributed by atoms with E-state index in [1.165, 1.54) is 4.57 Å². The average molecular weight is 357 g/mol. The Bertz CT molecular complexity index is 849. The van der Waals surface area contributed by atoms with Gasteiger partial charge in [-0.3, -0.25) is 14.3 Å². The van der Waals surface area contributed by atoms with E-state index in [1.54, 1.807) is 11.6 Å². The number of nitrogens with one attached hydrogen (secondary N) is 1. The molecule has 132 valence electrons. The molecule has 1 aliphatic heterocycles. The fourth-order valence-corrected chi connectivity index (χ4v) is 3.00. The lowest BCUT2D eigenvalue weighted by Crippen LogP contribution is -2.45. The number of aliphatic hydroxyl groups is 1. The number of H-pyrrole nitrogens is 1. The molecule has 0 aliphatic carbocycles. The molecule has 1 aliphatic rings. The summed E-state index contributed by atoms with van der Waals surface area (Å²) in [4.78, 5) is 35.2. The largest absolute Gasteiger partial charge is 0.390 e. The zero-order valence-corrected chi connectivity index (χ0v) is 14.5. The second kappa shape index (κ2) is 6.58. The SMILES string of the molecule is CN1CCN(c2nc3c(c(=O)[nH]c(=O)n3C)n2CC(O)CCl)CC1. The second-order valence-corrected chi connectivity index (χ2v) is 6.42. The van der Waals surface area contributed by atoms with E-state index in [2.05, 4.69) is 19.8 Å². The normalized spacial score (nSPS) is 17.6. The smallest absolute Gasteiger partial charge is 0.329 e. The Labute approximate surface area is 143 Å². The van der Waals surface area contributed by atoms with Crippen LogP contribution in [-0.2, 0) is 13.6 Å². The first-order valence-electron chi connectivity index (χ1n) is 7.79. The highest BCUT2D eigenvalue weighted by molar-refractivity contribution is 6.18. The zero-order chi connectivity index (χ0) is 17.4. The fourth-order valence-electron chi connectivity index (χ4n) is 2.90. The number of nitrogens with zero attached hydrogens (tertiary/aromatic N) is 5. The summed E-state index contributed by atoms with van der Waals surface area (Å²) < 4.78 is 2.96. The van der Waals surface area contributed by atoms with E-state index >= 15 is 0 Å². The number of aliphatic hydroxyl groups excluding tert-OH is 1. The quantitative estimate of drug-likeness (QED) is 0.666. The Balaban J connectivity index is 2.18. The number of rotatable bonds is 4. The molecular formula is C14H21ClN6O3. The van der Waals surface area contributed by atoms with Gasteiger partial charge in [0.15, 0.2) is 11.2 Å². The summed E-state index contributed by atoms with van der Waals surface area (Å²) in [7, 11) is 3.61. The monoisotopic (exact) mass is 356 g/mol. The van der Waals surface area contributed by atoms with Crippen molar-refractivity contribution in [2.75, 3.05) is 44.0 Å². The van der Waals surface area contributed by atoms with E-state index in [-0.39, 0.29) is 17.9 Å². The molecule has 1 atom stereocenters. The van der Waals surface area contributed by atoms with Gasteiger partial charge in [-0.15, -0.1) is 11.6 Å². The van der Waals surface area contributed by atoms with Gasteiger partial charge in [-0.2, -0.15) is 4.98 Å². The summed E-state index contributed by atoms with van der Waals surface area (Å²) in [6.07, 6.45) is -0.813. The van der Waals surface area contributed by atoms with Crippen molar-refractivity contribution in [3.8, 4) is 0 Å². The van der Waals surface area contributed by atoms with Gasteiger partial charge in [0.05, 0.1) is 18.5 Å². The van der Waals surface area contributed by atoms with Crippen molar-refractivity contribution in [1.29, 1.82) is 0 Å². The number of anilines is 1. The van der Waals surface area contributed by atoms with Crippen LogP contribution in [0.1, 0.15) is 0 Å². The van der Waals surface area contributed by atoms with Crippen LogP contribution in [0.3, 0.4) is 0 Å². The predicted molar refractivity (Wildman–Crippen MR) is 92.0 cm³/mol. The molecule has 2 aromatic rings. The molecular weight excluding hydrogens is 336 g/mol. The molecule has 0 amide bonds. The summed E-state index contributed by atoms with van der Waals surface area (Å²) in [6, 6.07) is 0. The summed E-state index contributed by atoms with van der Waals surface area (Å²) in [5.74, 6) is 0.625. The van der Waals surface area contributed by atoms with Gasteiger partial charge in [-0.05, 0) is 7.05 Å². The molecule has 1 saturated heterocycles. The first-order valence-corrected chi connectivity index (χ1v) is 8.33. The van der Waals surface area contributed by atoms with Gasteiger partial charge in [-0.25, -0.2) is 4.79 Å². The van der Waals surface area contributed by atoms with Crippen LogP contribution < -0.4 is 16.1 Å². The molecule has 10 heteroatoms. The lowest BCUT2D eigenvalue weighted by Gasteiger charge is -2.33. The van der Waals surface area contributed by atoms with Gasteiger partial charge in [0.25, 0.3) is 5.56 Å². The molecule has 24 heavy (non-hydrogen) atoms. The van der Waals surface area contributed by atoms with Crippen molar-refractivity contribution < 1.29 is 5.11 Å². The van der Waals surface area contributed by atoms with Gasteiger partial charge in [-0.1, -0.05) is 0 Å². The number of likely N-dealkylation sites (N-methyl/N-ethyl adjacent to an activating group) is 1. The minimum atomic E-state index is -0.813. The molecule has 1 fully saturated rings. The van der Waals surface area contributed by atoms with Crippen LogP contribution in [-0.4, -0.2) is 74.3 Å². The standard InChI is InChI=1S/C14H21ClN6O3/c1-18-3-5-20(6-4-18)13-16-11-10(21(13)8-9(22)7-15)12(23)17-14(24)19(11)2/h9,22H,3-8H2,1-2H3,(H,17,23,24). The summed E-state index contributed by atoms with van der Waals surface area (Å²) in [5, 5.41) is 9.98. The van der Waals surface area contributed by atoms with Crippen molar-refractivity contribution >= 4 is 28.7 Å². The molecule has 0 aromatic carbocycles. The first-order chi connectivity index (χ1) is 11.4. The lowest BCUT2D eigenvalue weighted by molar-refractivity contribution is 0.178. The highest BCUT2D eigenvalue weighted by Crippen LogP contribution is 2.21. The molecule has 1 unspecified atom stereocenters. The van der Waals surface area contributed by atoms with Gasteiger partial charge in [0, 0.05) is 33.2 Å². The maximum atomic E-state index is 12.3. The van der Waals surface area contributed by atoms with E-state index in [1.807, 2.05) is 7.05 Å². The topological polar surface area (TPSA) is 99.4 Å². The molecule has 3 heterocycles. The van der Waals surface area contributed by atoms with Gasteiger partial charge in [0.2, 0.25) is 5.95 Å². The van der Waals surface area contributed by atoms with E-state index in [9.17, 15) is 14.7 Å². The van der Waals surface area contributed by atoms with Crippen LogP contribution in [0.2, 0.25) is 0 Å². The Morgan fingerprint density at radius 3 is 2.54 bits per heavy atom. The van der Waals surface area contributed by atoms with Crippen LogP contribution in [0, 0.1) is 0 Å². The maximum absolute atomic E-state index is 12.3. The predicted octanol–water partition coefficient (Wildman–Crippen LogP) is -1.23. The molecule has 0 radical (unpaired) electrons. The number of hydrogen-bond acceptors (Lipinski definition) is 6. The summed E-state index contributed by atoms with van der Waals surface area (Å²) in [6.45, 7) is 3.39. The fraction of sp³-hybridized carbons (Fsp3) is 0.643. The third kappa shape index (κ3) is 2.94. The number of hydrogen-bond donors (Lipinski definition) is 2. The van der Waals surface area contributed by atoms with E-state index in [0.29, 0.717) is 11.6 Å². The highest BCUT2D eigenvalue weighted by atomic mass is 35.5. The Kier molecular flexibility index (Phi) is 4.66. The Morgan fingerprint density at radius 1 is 1.25 bits per heavy atom. The molecule has 0 saturated carbocycles. The third-order valence-electron chi connectivity index (χ3n) is 4.34. The number of aromatic nitrogens is 4. The van der Waals surface area contributed by atoms with Crippen molar-refractivity contribution in [2.45, 2.75) is 12.6 Å². The van der Waals surface area contributed by atoms with Gasteiger partial charge < -0.3 is 19.5 Å². The minimum absolute atomic E-state index is 0.0471. The summed E-state index contributed by atoms with van der Waals surface area (Å²) in [5.41, 5.74) is -0.447.